The molecule has 1 heterocycles. The van der Waals surface area contributed by atoms with Crippen LogP contribution in [-0.2, 0) is 9.59 Å². The fourth-order valence-corrected chi connectivity index (χ4v) is 4.04. The Kier molecular flexibility index (Phi) is 6.66. The lowest BCUT2D eigenvalue weighted by molar-refractivity contribution is -0.147. The lowest BCUT2D eigenvalue weighted by atomic mass is 9.98. The number of methoxy groups -OCH3 is 2. The van der Waals surface area contributed by atoms with E-state index >= 15 is 0 Å². The minimum absolute atomic E-state index is 0.222. The summed E-state index contributed by atoms with van der Waals surface area (Å²) in [5, 5.41) is 9.58. The van der Waals surface area contributed by atoms with Crippen molar-refractivity contribution in [3.63, 3.8) is 0 Å². The van der Waals surface area contributed by atoms with Crippen molar-refractivity contribution in [2.75, 3.05) is 14.2 Å². The molecule has 8 heteroatoms. The van der Waals surface area contributed by atoms with Crippen molar-refractivity contribution in [3.05, 3.63) is 28.7 Å². The summed E-state index contributed by atoms with van der Waals surface area (Å²) in [4.78, 5) is 26.1. The standard InChI is InChI=1S/C18H21NO5S2/c1-5-10(2)14(17(21)22)19-16(20)13(26-18(19)25)9-11-7-6-8-12(23-3)15(11)24-4/h6-10,14H,5H2,1-4H3,(H,21,22)/b13-9-. The first-order valence-electron chi connectivity index (χ1n) is 8.06. The summed E-state index contributed by atoms with van der Waals surface area (Å²) in [6.07, 6.45) is 2.27. The number of hydrogen-bond donors (Lipinski definition) is 1. The third-order valence-electron chi connectivity index (χ3n) is 4.26. The Hall–Kier alpha value is -2.06. The second-order valence-electron chi connectivity index (χ2n) is 5.80. The zero-order valence-electron chi connectivity index (χ0n) is 15.0. The van der Waals surface area contributed by atoms with Crippen LogP contribution in [0.3, 0.4) is 0 Å². The summed E-state index contributed by atoms with van der Waals surface area (Å²) in [6, 6.07) is 4.35. The van der Waals surface area contributed by atoms with Crippen LogP contribution in [0.2, 0.25) is 0 Å². The molecule has 1 saturated heterocycles. The van der Waals surface area contributed by atoms with E-state index in [1.54, 1.807) is 31.2 Å². The molecule has 0 radical (unpaired) electrons. The molecule has 1 fully saturated rings. The minimum atomic E-state index is -1.06. The third-order valence-corrected chi connectivity index (χ3v) is 5.59. The highest BCUT2D eigenvalue weighted by Crippen LogP contribution is 2.39. The minimum Gasteiger partial charge on any atom is -0.493 e. The van der Waals surface area contributed by atoms with Crippen LogP contribution < -0.4 is 9.47 Å². The third kappa shape index (κ3) is 3.86. The topological polar surface area (TPSA) is 76.1 Å². The Labute approximate surface area is 162 Å². The first kappa shape index (κ1) is 20.3. The van der Waals surface area contributed by atoms with E-state index in [9.17, 15) is 14.7 Å². The van der Waals surface area contributed by atoms with E-state index < -0.39 is 17.9 Å². The van der Waals surface area contributed by atoms with E-state index in [0.29, 0.717) is 28.4 Å². The van der Waals surface area contributed by atoms with E-state index in [0.717, 1.165) is 11.8 Å². The second kappa shape index (κ2) is 8.55. The lowest BCUT2D eigenvalue weighted by Crippen LogP contribution is -2.47. The van der Waals surface area contributed by atoms with Crippen molar-refractivity contribution < 1.29 is 24.2 Å². The van der Waals surface area contributed by atoms with Gasteiger partial charge in [0.05, 0.1) is 19.1 Å². The number of carboxylic acid groups (broad SMARTS) is 1. The zero-order chi connectivity index (χ0) is 19.4. The van der Waals surface area contributed by atoms with Crippen molar-refractivity contribution in [2.45, 2.75) is 26.3 Å². The number of carbonyl (C=O) groups is 2. The van der Waals surface area contributed by atoms with Gasteiger partial charge in [0.2, 0.25) is 0 Å². The van der Waals surface area contributed by atoms with Gasteiger partial charge in [-0.05, 0) is 18.1 Å². The predicted octanol–water partition coefficient (Wildman–Crippen LogP) is 3.40. The van der Waals surface area contributed by atoms with E-state index in [2.05, 4.69) is 0 Å². The van der Waals surface area contributed by atoms with E-state index in [4.69, 9.17) is 21.7 Å². The molecule has 1 aliphatic heterocycles. The van der Waals surface area contributed by atoms with Crippen LogP contribution >= 0.6 is 24.0 Å². The summed E-state index contributed by atoms with van der Waals surface area (Å²) in [5.41, 5.74) is 0.655. The van der Waals surface area contributed by atoms with E-state index in [1.165, 1.54) is 19.1 Å². The monoisotopic (exact) mass is 395 g/mol. The largest absolute Gasteiger partial charge is 0.493 e. The summed E-state index contributed by atoms with van der Waals surface area (Å²) in [5.74, 6) is -0.647. The average Bonchev–Trinajstić information content (AvgIpc) is 2.88. The average molecular weight is 396 g/mol. The number of hydrogen-bond acceptors (Lipinski definition) is 6. The first-order valence-corrected chi connectivity index (χ1v) is 9.29. The van der Waals surface area contributed by atoms with Crippen LogP contribution in [0.15, 0.2) is 23.1 Å². The van der Waals surface area contributed by atoms with Crippen LogP contribution in [0.1, 0.15) is 25.8 Å². The number of nitrogens with zero attached hydrogens (tertiary/aromatic N) is 1. The van der Waals surface area contributed by atoms with Gasteiger partial charge in [0.25, 0.3) is 5.91 Å². The number of ether oxygens (including phenoxy) is 2. The fourth-order valence-electron chi connectivity index (χ4n) is 2.72. The van der Waals surface area contributed by atoms with Crippen LogP contribution in [0, 0.1) is 5.92 Å². The van der Waals surface area contributed by atoms with Crippen molar-refractivity contribution in [1.29, 1.82) is 0 Å². The van der Waals surface area contributed by atoms with Crippen LogP contribution in [0.4, 0.5) is 0 Å². The van der Waals surface area contributed by atoms with Gasteiger partial charge < -0.3 is 14.6 Å². The van der Waals surface area contributed by atoms with Crippen molar-refractivity contribution >= 4 is 46.3 Å². The van der Waals surface area contributed by atoms with Crippen molar-refractivity contribution in [3.8, 4) is 11.5 Å². The smallest absolute Gasteiger partial charge is 0.327 e. The molecule has 6 nitrogen and oxygen atoms in total. The van der Waals surface area contributed by atoms with Gasteiger partial charge in [0.15, 0.2) is 11.5 Å². The van der Waals surface area contributed by atoms with Gasteiger partial charge in [-0.2, -0.15) is 0 Å². The number of carboxylic acids is 1. The molecule has 1 amide bonds. The van der Waals surface area contributed by atoms with Crippen molar-refractivity contribution in [2.24, 2.45) is 5.92 Å². The quantitative estimate of drug-likeness (QED) is 0.560. The van der Waals surface area contributed by atoms with Gasteiger partial charge in [0, 0.05) is 5.56 Å². The molecule has 2 unspecified atom stereocenters. The van der Waals surface area contributed by atoms with Gasteiger partial charge in [0.1, 0.15) is 10.4 Å². The number of thiocarbonyl (C=S) groups is 1. The Balaban J connectivity index is 2.43. The van der Waals surface area contributed by atoms with E-state index in [-0.39, 0.29) is 10.2 Å². The maximum atomic E-state index is 12.9. The molecule has 1 N–H and O–H groups in total. The Morgan fingerprint density at radius 3 is 2.62 bits per heavy atom. The Bertz CT molecular complexity index is 762. The Morgan fingerprint density at radius 2 is 2.08 bits per heavy atom. The Morgan fingerprint density at radius 1 is 1.38 bits per heavy atom. The van der Waals surface area contributed by atoms with Gasteiger partial charge in [-0.1, -0.05) is 56.4 Å². The molecule has 140 valence electrons. The van der Waals surface area contributed by atoms with Crippen LogP contribution in [0.5, 0.6) is 11.5 Å². The highest BCUT2D eigenvalue weighted by atomic mass is 32.2. The molecular formula is C18H21NO5S2. The molecular weight excluding hydrogens is 374 g/mol. The zero-order valence-corrected chi connectivity index (χ0v) is 16.6. The summed E-state index contributed by atoms with van der Waals surface area (Å²) >= 11 is 6.38. The molecule has 0 spiro atoms. The first-order chi connectivity index (χ1) is 12.3. The summed E-state index contributed by atoms with van der Waals surface area (Å²) in [6.45, 7) is 3.68. The molecule has 26 heavy (non-hydrogen) atoms. The number of carbonyl (C=O) groups excluding carboxylic acids is 1. The number of para-hydroxylation sites is 1. The molecule has 1 aromatic carbocycles. The fraction of sp³-hybridized carbons (Fsp3) is 0.389. The van der Waals surface area contributed by atoms with Crippen molar-refractivity contribution in [1.82, 2.24) is 4.90 Å². The summed E-state index contributed by atoms with van der Waals surface area (Å²) < 4.78 is 10.9. The number of amides is 1. The maximum absolute atomic E-state index is 12.9. The van der Waals surface area contributed by atoms with Gasteiger partial charge in [-0.15, -0.1) is 0 Å². The van der Waals surface area contributed by atoms with Gasteiger partial charge >= 0.3 is 5.97 Å². The van der Waals surface area contributed by atoms with Gasteiger partial charge in [-0.3, -0.25) is 9.69 Å². The highest BCUT2D eigenvalue weighted by Gasteiger charge is 2.42. The van der Waals surface area contributed by atoms with Crippen LogP contribution in [0.25, 0.3) is 6.08 Å². The SMILES string of the molecule is CCC(C)C(C(=O)O)N1C(=O)/C(=C/c2cccc(OC)c2OC)SC1=S. The number of rotatable bonds is 7. The summed E-state index contributed by atoms with van der Waals surface area (Å²) in [7, 11) is 3.05. The predicted molar refractivity (Wildman–Crippen MR) is 105 cm³/mol. The maximum Gasteiger partial charge on any atom is 0.327 e. The molecule has 0 saturated carbocycles. The number of aliphatic carboxylic acids is 1. The highest BCUT2D eigenvalue weighted by molar-refractivity contribution is 8.26. The second-order valence-corrected chi connectivity index (χ2v) is 7.48. The van der Waals surface area contributed by atoms with E-state index in [1.807, 2.05) is 6.92 Å². The molecule has 0 aliphatic carbocycles. The number of thioether (sulfide) groups is 1. The van der Waals surface area contributed by atoms with Gasteiger partial charge in [-0.25, -0.2) is 4.79 Å². The molecule has 0 bridgehead atoms. The lowest BCUT2D eigenvalue weighted by Gasteiger charge is -2.27. The molecule has 2 rings (SSSR count). The normalized spacial score (nSPS) is 18.2. The molecule has 1 aromatic rings. The molecule has 1 aliphatic rings. The number of benzene rings is 1. The molecule has 2 atom stereocenters. The molecule has 0 aromatic heterocycles. The van der Waals surface area contributed by atoms with Crippen LogP contribution in [-0.4, -0.2) is 46.5 Å².